The third-order valence-electron chi connectivity index (χ3n) is 0.214. The monoisotopic (exact) mass is 76.0 g/mol. The molecule has 0 aromatic carbocycles. The molecular weight excluding hydrogens is 68.0 g/mol. The summed E-state index contributed by atoms with van der Waals surface area (Å²) in [4.78, 5) is 9.48. The second-order valence-corrected chi connectivity index (χ2v) is 0.644. The van der Waals surface area contributed by atoms with Crippen molar-refractivity contribution in [2.75, 3.05) is 0 Å². The minimum atomic E-state index is -0.898. The van der Waals surface area contributed by atoms with E-state index in [1.165, 1.54) is 0 Å². The van der Waals surface area contributed by atoms with Gasteiger partial charge >= 0.3 is 5.97 Å². The Kier molecular flexibility index (Phi) is 0.947. The quantitative estimate of drug-likeness (QED) is 0.493. The molecule has 0 aliphatic heterocycles. The molecule has 2 nitrogen and oxygen atoms in total. The van der Waals surface area contributed by atoms with Gasteiger partial charge in [0.2, 0.25) is 0 Å². The van der Waals surface area contributed by atoms with Gasteiger partial charge in [0.25, 0.3) is 0 Å². The van der Waals surface area contributed by atoms with Gasteiger partial charge in [-0.05, 0) is 0 Å². The van der Waals surface area contributed by atoms with Crippen LogP contribution in [0.15, 0.2) is 0 Å². The van der Waals surface area contributed by atoms with Crippen LogP contribution in [0.2, 0.25) is 0 Å². The number of carbonyl (C=O) groups is 1. The van der Waals surface area contributed by atoms with E-state index in [2.05, 4.69) is 0 Å². The first-order valence-electron chi connectivity index (χ1n) is 1.99. The van der Waals surface area contributed by atoms with Gasteiger partial charge in [0.1, 0.15) is 0 Å². The molecule has 0 aliphatic rings. The zero-order valence-electron chi connectivity index (χ0n) is 3.77. The summed E-state index contributed by atoms with van der Waals surface area (Å²) in [7, 11) is 0. The fourth-order valence-electron chi connectivity index (χ4n) is 0. The summed E-state index contributed by atoms with van der Waals surface area (Å²) in [6.45, 7) is -0.0185. The first kappa shape index (κ1) is 2.69. The Hall–Kier alpha value is -0.530. The molecule has 0 heterocycles. The predicted molar refractivity (Wildman–Crippen MR) is 17.9 cm³/mol. The first-order chi connectivity index (χ1) is 2.77. The molecule has 5 heavy (non-hydrogen) atoms. The number of carboxylic acid groups (broad SMARTS) is 1. The standard InChI is InChI=1S/C3H6O2/c1-2-3(4)5/h2H2,1H3,(H,4,5)/i1T. The molecule has 0 amide bonds. The molecule has 0 aromatic rings. The Balaban J connectivity index is 2.83. The zero-order chi connectivity index (χ0) is 4.99. The van der Waals surface area contributed by atoms with Crippen molar-refractivity contribution in [3.05, 3.63) is 0 Å². The third-order valence-corrected chi connectivity index (χ3v) is 0.214. The molecule has 0 saturated heterocycles. The Morgan fingerprint density at radius 3 is 3.00 bits per heavy atom. The summed E-state index contributed by atoms with van der Waals surface area (Å²) in [5.74, 6) is -0.898. The van der Waals surface area contributed by atoms with Crippen molar-refractivity contribution >= 4 is 5.97 Å². The average Bonchev–Trinajstić information content (AvgIpc) is 1.35. The summed E-state index contributed by atoms with van der Waals surface area (Å²) in [6.07, 6.45) is -0.0417. The van der Waals surface area contributed by atoms with Crippen molar-refractivity contribution in [1.82, 2.24) is 0 Å². The van der Waals surface area contributed by atoms with Crippen LogP contribution in [-0.2, 0) is 4.79 Å². The Morgan fingerprint density at radius 2 is 3.00 bits per heavy atom. The summed E-state index contributed by atoms with van der Waals surface area (Å²) < 4.78 is 6.35. The maximum Gasteiger partial charge on any atom is 0.303 e. The van der Waals surface area contributed by atoms with E-state index >= 15 is 0 Å². The van der Waals surface area contributed by atoms with Crippen molar-refractivity contribution in [2.24, 2.45) is 0 Å². The normalized spacial score (nSPS) is 10.0. The smallest absolute Gasteiger partial charge is 0.303 e. The van der Waals surface area contributed by atoms with Crippen molar-refractivity contribution in [1.29, 1.82) is 0 Å². The van der Waals surface area contributed by atoms with Crippen LogP contribution in [0, 0.1) is 0 Å². The van der Waals surface area contributed by atoms with E-state index < -0.39 is 5.97 Å². The second-order valence-electron chi connectivity index (χ2n) is 0.644. The second kappa shape index (κ2) is 1.76. The predicted octanol–water partition coefficient (Wildman–Crippen LogP) is 0.481. The van der Waals surface area contributed by atoms with Crippen LogP contribution in [0.1, 0.15) is 14.7 Å². The van der Waals surface area contributed by atoms with E-state index in [-0.39, 0.29) is 13.3 Å². The van der Waals surface area contributed by atoms with Crippen molar-refractivity contribution in [3.63, 3.8) is 0 Å². The van der Waals surface area contributed by atoms with Gasteiger partial charge in [-0.3, -0.25) is 4.79 Å². The van der Waals surface area contributed by atoms with Crippen LogP contribution in [0.3, 0.4) is 0 Å². The van der Waals surface area contributed by atoms with E-state index in [1.54, 1.807) is 0 Å². The Bertz CT molecular complexity index is 52.8. The molecule has 0 bridgehead atoms. The molecule has 30 valence electrons. The van der Waals surface area contributed by atoms with Crippen LogP contribution in [0.5, 0.6) is 0 Å². The maximum atomic E-state index is 9.48. The molecule has 1 N–H and O–H groups in total. The SMILES string of the molecule is [3H]CCC(=O)O. The molecule has 0 rings (SSSR count). The lowest BCUT2D eigenvalue weighted by Gasteiger charge is -1.71. The number of rotatable bonds is 1. The van der Waals surface area contributed by atoms with Crippen LogP contribution in [-0.4, -0.2) is 11.1 Å². The summed E-state index contributed by atoms with van der Waals surface area (Å²) in [5.41, 5.74) is 0. The third kappa shape index (κ3) is 3.47. The highest BCUT2D eigenvalue weighted by molar-refractivity contribution is 5.66. The largest absolute Gasteiger partial charge is 0.481 e. The van der Waals surface area contributed by atoms with Crippen LogP contribution >= 0.6 is 0 Å². The van der Waals surface area contributed by atoms with E-state index in [4.69, 9.17) is 6.48 Å². The number of aliphatic carboxylic acids is 1. The minimum absolute atomic E-state index is 0.0185. The molecular formula is C3H6O2. The highest BCUT2D eigenvalue weighted by Crippen LogP contribution is 1.67. The van der Waals surface area contributed by atoms with Gasteiger partial charge in [0.05, 0.1) is 0 Å². The van der Waals surface area contributed by atoms with Crippen LogP contribution in [0.25, 0.3) is 0 Å². The van der Waals surface area contributed by atoms with E-state index in [0.717, 1.165) is 0 Å². The highest BCUT2D eigenvalue weighted by atomic mass is 16.4. The van der Waals surface area contributed by atoms with E-state index in [9.17, 15) is 4.79 Å². The molecule has 0 aliphatic carbocycles. The number of carboxylic acids is 1. The maximum absolute atomic E-state index is 9.48. The lowest BCUT2D eigenvalue weighted by Crippen LogP contribution is -1.86. The summed E-state index contributed by atoms with van der Waals surface area (Å²) >= 11 is 0. The van der Waals surface area contributed by atoms with E-state index in [0.29, 0.717) is 0 Å². The summed E-state index contributed by atoms with van der Waals surface area (Å²) in [5, 5.41) is 7.79. The molecule has 0 aromatic heterocycles. The topological polar surface area (TPSA) is 37.3 Å². The Labute approximate surface area is 31.8 Å². The Morgan fingerprint density at radius 1 is 2.40 bits per heavy atom. The van der Waals surface area contributed by atoms with E-state index in [1.807, 2.05) is 0 Å². The van der Waals surface area contributed by atoms with Gasteiger partial charge < -0.3 is 5.11 Å². The van der Waals surface area contributed by atoms with Crippen molar-refractivity contribution in [3.8, 4) is 0 Å². The molecule has 2 heteroatoms. The lowest BCUT2D eigenvalue weighted by molar-refractivity contribution is -0.136. The fourth-order valence-corrected chi connectivity index (χ4v) is 0. The van der Waals surface area contributed by atoms with Gasteiger partial charge in [-0.2, -0.15) is 0 Å². The van der Waals surface area contributed by atoms with Crippen LogP contribution < -0.4 is 0 Å². The van der Waals surface area contributed by atoms with Gasteiger partial charge in [0, 0.05) is 7.79 Å². The average molecular weight is 76.1 g/mol. The minimum Gasteiger partial charge on any atom is -0.481 e. The van der Waals surface area contributed by atoms with Gasteiger partial charge in [-0.1, -0.05) is 6.90 Å². The van der Waals surface area contributed by atoms with Crippen molar-refractivity contribution < 1.29 is 11.3 Å². The molecule has 0 fully saturated rings. The first-order valence-corrected chi connectivity index (χ1v) is 1.28. The summed E-state index contributed by atoms with van der Waals surface area (Å²) in [6, 6.07) is 0. The zero-order valence-corrected chi connectivity index (χ0v) is 2.77. The highest BCUT2D eigenvalue weighted by Gasteiger charge is 1.80. The fraction of sp³-hybridized carbons (Fsp3) is 0.667. The lowest BCUT2D eigenvalue weighted by atomic mass is 10.5. The van der Waals surface area contributed by atoms with Gasteiger partial charge in [-0.15, -0.1) is 0 Å². The van der Waals surface area contributed by atoms with Crippen LogP contribution in [0.4, 0.5) is 0 Å². The molecule has 0 radical (unpaired) electrons. The number of hydrogen-bond acceptors (Lipinski definition) is 1. The van der Waals surface area contributed by atoms with Gasteiger partial charge in [-0.25, -0.2) is 0 Å². The molecule has 0 atom stereocenters. The molecule has 0 saturated carbocycles. The number of hydrogen-bond donors (Lipinski definition) is 1. The molecule has 0 unspecified atom stereocenters. The van der Waals surface area contributed by atoms with Crippen molar-refractivity contribution in [2.45, 2.75) is 13.3 Å². The molecule has 0 spiro atoms. The van der Waals surface area contributed by atoms with Gasteiger partial charge in [0.15, 0.2) is 0 Å².